The second-order valence-corrected chi connectivity index (χ2v) is 6.17. The number of benzene rings is 1. The number of hydrogen-bond donors (Lipinski definition) is 2. The number of hydrogen-bond acceptors (Lipinski definition) is 4. The Morgan fingerprint density at radius 3 is 2.95 bits per heavy atom. The molecule has 3 rings (SSSR count). The molecule has 110 valence electrons. The van der Waals surface area contributed by atoms with Gasteiger partial charge in [0.15, 0.2) is 5.13 Å². The Labute approximate surface area is 128 Å². The first-order chi connectivity index (χ1) is 10.3. The number of thiazole rings is 1. The molecule has 0 bridgehead atoms. The average Bonchev–Trinajstić information content (AvgIpc) is 3.26. The molecule has 0 radical (unpaired) electrons. The van der Waals surface area contributed by atoms with Gasteiger partial charge in [-0.25, -0.2) is 4.98 Å². The molecule has 0 unspecified atom stereocenters. The van der Waals surface area contributed by atoms with Crippen molar-refractivity contribution in [3.8, 4) is 0 Å². The zero-order valence-electron chi connectivity index (χ0n) is 12.1. The quantitative estimate of drug-likeness (QED) is 0.862. The highest BCUT2D eigenvalue weighted by Gasteiger charge is 2.26. The standard InChI is InChI=1S/C16H19N3OS/c1-17-9-8-11-4-2-3-5-13(11)15(20)19-16-18-14(10-21-16)12-6-7-12/h2-5,10,12,17H,6-9H2,1H3,(H,18,19,20). The highest BCUT2D eigenvalue weighted by Crippen LogP contribution is 2.40. The van der Waals surface area contributed by atoms with Crippen LogP contribution in [0.15, 0.2) is 29.6 Å². The van der Waals surface area contributed by atoms with Gasteiger partial charge < -0.3 is 5.32 Å². The molecular weight excluding hydrogens is 282 g/mol. The number of rotatable bonds is 6. The van der Waals surface area contributed by atoms with Crippen LogP contribution in [0.1, 0.15) is 40.4 Å². The molecule has 2 N–H and O–H groups in total. The van der Waals surface area contributed by atoms with Crippen LogP contribution in [0.4, 0.5) is 5.13 Å². The fraction of sp³-hybridized carbons (Fsp3) is 0.375. The van der Waals surface area contributed by atoms with Crippen molar-refractivity contribution in [2.75, 3.05) is 18.9 Å². The van der Waals surface area contributed by atoms with Gasteiger partial charge >= 0.3 is 0 Å². The molecule has 5 heteroatoms. The fourth-order valence-corrected chi connectivity index (χ4v) is 3.08. The molecule has 1 fully saturated rings. The van der Waals surface area contributed by atoms with E-state index in [-0.39, 0.29) is 5.91 Å². The number of anilines is 1. The molecule has 1 aromatic carbocycles. The minimum Gasteiger partial charge on any atom is -0.319 e. The van der Waals surface area contributed by atoms with Crippen LogP contribution in [0, 0.1) is 0 Å². The first kappa shape index (κ1) is 14.2. The second kappa shape index (κ2) is 6.37. The molecule has 1 saturated carbocycles. The predicted octanol–water partition coefficient (Wildman–Crippen LogP) is 3.03. The maximum absolute atomic E-state index is 12.4. The fourth-order valence-electron chi connectivity index (χ4n) is 2.29. The molecule has 0 saturated heterocycles. The summed E-state index contributed by atoms with van der Waals surface area (Å²) in [6, 6.07) is 7.74. The molecular formula is C16H19N3OS. The van der Waals surface area contributed by atoms with E-state index < -0.39 is 0 Å². The Bertz CT molecular complexity index is 634. The first-order valence-corrected chi connectivity index (χ1v) is 8.15. The largest absolute Gasteiger partial charge is 0.319 e. The summed E-state index contributed by atoms with van der Waals surface area (Å²) in [5, 5.41) is 8.79. The van der Waals surface area contributed by atoms with E-state index in [1.807, 2.05) is 31.3 Å². The molecule has 21 heavy (non-hydrogen) atoms. The maximum atomic E-state index is 12.4. The van der Waals surface area contributed by atoms with Crippen LogP contribution in [0.25, 0.3) is 0 Å². The van der Waals surface area contributed by atoms with Gasteiger partial charge in [-0.1, -0.05) is 18.2 Å². The number of carbonyl (C=O) groups is 1. The topological polar surface area (TPSA) is 54.0 Å². The van der Waals surface area contributed by atoms with Crippen molar-refractivity contribution in [3.63, 3.8) is 0 Å². The van der Waals surface area contributed by atoms with E-state index in [0.717, 1.165) is 29.8 Å². The van der Waals surface area contributed by atoms with E-state index in [4.69, 9.17) is 0 Å². The monoisotopic (exact) mass is 301 g/mol. The van der Waals surface area contributed by atoms with Gasteiger partial charge in [-0.2, -0.15) is 0 Å². The van der Waals surface area contributed by atoms with Crippen LogP contribution in [0.2, 0.25) is 0 Å². The summed E-state index contributed by atoms with van der Waals surface area (Å²) in [6.07, 6.45) is 3.29. The molecule has 1 aliphatic carbocycles. The molecule has 0 aliphatic heterocycles. The molecule has 1 amide bonds. The maximum Gasteiger partial charge on any atom is 0.257 e. The second-order valence-electron chi connectivity index (χ2n) is 5.32. The van der Waals surface area contributed by atoms with Crippen molar-refractivity contribution in [1.82, 2.24) is 10.3 Å². The van der Waals surface area contributed by atoms with E-state index in [9.17, 15) is 4.79 Å². The van der Waals surface area contributed by atoms with Gasteiger partial charge in [-0.3, -0.25) is 10.1 Å². The van der Waals surface area contributed by atoms with E-state index in [1.54, 1.807) is 0 Å². The van der Waals surface area contributed by atoms with Crippen LogP contribution < -0.4 is 10.6 Å². The summed E-state index contributed by atoms with van der Waals surface area (Å²) in [7, 11) is 1.91. The smallest absolute Gasteiger partial charge is 0.257 e. The van der Waals surface area contributed by atoms with Gasteiger partial charge in [0.25, 0.3) is 5.91 Å². The lowest BCUT2D eigenvalue weighted by molar-refractivity contribution is 0.102. The highest BCUT2D eigenvalue weighted by molar-refractivity contribution is 7.14. The van der Waals surface area contributed by atoms with Gasteiger partial charge in [0.1, 0.15) is 0 Å². The molecule has 4 nitrogen and oxygen atoms in total. The normalized spacial score (nSPS) is 14.1. The van der Waals surface area contributed by atoms with Crippen LogP contribution in [0.5, 0.6) is 0 Å². The molecule has 2 aromatic rings. The Morgan fingerprint density at radius 2 is 2.19 bits per heavy atom. The van der Waals surface area contributed by atoms with E-state index in [0.29, 0.717) is 11.0 Å². The van der Waals surface area contributed by atoms with Gasteiger partial charge in [-0.05, 0) is 44.5 Å². The minimum absolute atomic E-state index is 0.0709. The van der Waals surface area contributed by atoms with E-state index in [1.165, 1.54) is 24.2 Å². The molecule has 1 heterocycles. The summed E-state index contributed by atoms with van der Waals surface area (Å²) >= 11 is 1.51. The SMILES string of the molecule is CNCCc1ccccc1C(=O)Nc1nc(C2CC2)cs1. The number of aromatic nitrogens is 1. The predicted molar refractivity (Wildman–Crippen MR) is 86.1 cm³/mol. The zero-order chi connectivity index (χ0) is 14.7. The third-order valence-corrected chi connectivity index (χ3v) is 4.42. The third-order valence-electron chi connectivity index (χ3n) is 3.64. The molecule has 1 aromatic heterocycles. The number of likely N-dealkylation sites (N-methyl/N-ethyl adjacent to an activating group) is 1. The number of nitrogens with zero attached hydrogens (tertiary/aromatic N) is 1. The van der Waals surface area contributed by atoms with E-state index >= 15 is 0 Å². The Balaban J connectivity index is 1.71. The number of amides is 1. The summed E-state index contributed by atoms with van der Waals surface area (Å²) in [5.74, 6) is 0.549. The Morgan fingerprint density at radius 1 is 1.38 bits per heavy atom. The summed E-state index contributed by atoms with van der Waals surface area (Å²) in [6.45, 7) is 0.855. The zero-order valence-corrected chi connectivity index (χ0v) is 12.9. The van der Waals surface area contributed by atoms with Crippen molar-refractivity contribution in [2.24, 2.45) is 0 Å². The van der Waals surface area contributed by atoms with Crippen LogP contribution in [-0.2, 0) is 6.42 Å². The van der Waals surface area contributed by atoms with Gasteiger partial charge in [-0.15, -0.1) is 11.3 Å². The van der Waals surface area contributed by atoms with Crippen molar-refractivity contribution in [3.05, 3.63) is 46.5 Å². The molecule has 0 atom stereocenters. The van der Waals surface area contributed by atoms with Crippen LogP contribution >= 0.6 is 11.3 Å². The Hall–Kier alpha value is -1.72. The molecule has 1 aliphatic rings. The lowest BCUT2D eigenvalue weighted by Gasteiger charge is -2.08. The van der Waals surface area contributed by atoms with Gasteiger partial charge in [0.2, 0.25) is 0 Å². The van der Waals surface area contributed by atoms with Crippen molar-refractivity contribution >= 4 is 22.4 Å². The number of carbonyl (C=O) groups excluding carboxylic acids is 1. The minimum atomic E-state index is -0.0709. The summed E-state index contributed by atoms with van der Waals surface area (Å²) < 4.78 is 0. The average molecular weight is 301 g/mol. The van der Waals surface area contributed by atoms with E-state index in [2.05, 4.69) is 21.0 Å². The van der Waals surface area contributed by atoms with Crippen LogP contribution in [-0.4, -0.2) is 24.5 Å². The van der Waals surface area contributed by atoms with Crippen molar-refractivity contribution < 1.29 is 4.79 Å². The first-order valence-electron chi connectivity index (χ1n) is 7.27. The third kappa shape index (κ3) is 3.49. The van der Waals surface area contributed by atoms with Crippen LogP contribution in [0.3, 0.4) is 0 Å². The lowest BCUT2D eigenvalue weighted by atomic mass is 10.0. The number of nitrogens with one attached hydrogen (secondary N) is 2. The van der Waals surface area contributed by atoms with Crippen molar-refractivity contribution in [1.29, 1.82) is 0 Å². The van der Waals surface area contributed by atoms with Gasteiger partial charge in [0, 0.05) is 16.9 Å². The molecule has 0 spiro atoms. The van der Waals surface area contributed by atoms with Gasteiger partial charge in [0.05, 0.1) is 5.69 Å². The Kier molecular flexibility index (Phi) is 4.31. The summed E-state index contributed by atoms with van der Waals surface area (Å²) in [5.41, 5.74) is 2.91. The summed E-state index contributed by atoms with van der Waals surface area (Å²) in [4.78, 5) is 16.9. The lowest BCUT2D eigenvalue weighted by Crippen LogP contribution is -2.17. The highest BCUT2D eigenvalue weighted by atomic mass is 32.1. The van der Waals surface area contributed by atoms with Crippen molar-refractivity contribution in [2.45, 2.75) is 25.2 Å².